The SMILES string of the molecule is CCc1ccc(/C=C2/Sc3ccccc3N(CC(=O)NC[C@@H]3CCCO3)C2=O)cc1. The van der Waals surface area contributed by atoms with Gasteiger partial charge in [0.2, 0.25) is 5.91 Å². The molecule has 4 rings (SSSR count). The monoisotopic (exact) mass is 422 g/mol. The molecular formula is C24H26N2O3S. The first kappa shape index (κ1) is 20.7. The third-order valence-electron chi connectivity index (χ3n) is 5.37. The van der Waals surface area contributed by atoms with Crippen molar-refractivity contribution in [2.24, 2.45) is 0 Å². The van der Waals surface area contributed by atoms with Crippen molar-refractivity contribution in [3.05, 3.63) is 64.6 Å². The predicted octanol–water partition coefficient (Wildman–Crippen LogP) is 4.02. The van der Waals surface area contributed by atoms with E-state index in [9.17, 15) is 9.59 Å². The van der Waals surface area contributed by atoms with Crippen LogP contribution >= 0.6 is 11.8 Å². The first-order valence-corrected chi connectivity index (χ1v) is 11.2. The number of carbonyl (C=O) groups is 2. The number of benzene rings is 2. The van der Waals surface area contributed by atoms with Crippen molar-refractivity contribution in [1.82, 2.24) is 5.32 Å². The second-order valence-electron chi connectivity index (χ2n) is 7.50. The van der Waals surface area contributed by atoms with Gasteiger partial charge in [-0.15, -0.1) is 0 Å². The Morgan fingerprint density at radius 3 is 2.77 bits per heavy atom. The molecule has 2 aromatic carbocycles. The van der Waals surface area contributed by atoms with Crippen LogP contribution in [0.1, 0.15) is 30.9 Å². The van der Waals surface area contributed by atoms with Crippen LogP contribution in [0.5, 0.6) is 0 Å². The molecule has 1 fully saturated rings. The van der Waals surface area contributed by atoms with Crippen LogP contribution in [-0.2, 0) is 20.7 Å². The van der Waals surface area contributed by atoms with Gasteiger partial charge < -0.3 is 10.1 Å². The third kappa shape index (κ3) is 4.77. The van der Waals surface area contributed by atoms with Gasteiger partial charge in [0.05, 0.1) is 16.7 Å². The molecule has 0 unspecified atom stereocenters. The van der Waals surface area contributed by atoms with Crippen LogP contribution in [0.15, 0.2) is 58.3 Å². The zero-order valence-corrected chi connectivity index (χ0v) is 17.9. The molecule has 0 aliphatic carbocycles. The fourth-order valence-electron chi connectivity index (χ4n) is 3.65. The van der Waals surface area contributed by atoms with Crippen molar-refractivity contribution >= 4 is 35.3 Å². The summed E-state index contributed by atoms with van der Waals surface area (Å²) in [4.78, 5) is 29.0. The van der Waals surface area contributed by atoms with Gasteiger partial charge in [-0.3, -0.25) is 14.5 Å². The Balaban J connectivity index is 1.53. The molecule has 0 aromatic heterocycles. The van der Waals surface area contributed by atoms with Crippen LogP contribution < -0.4 is 10.2 Å². The number of fused-ring (bicyclic) bond motifs is 1. The number of aryl methyl sites for hydroxylation is 1. The molecule has 2 aliphatic rings. The number of hydrogen-bond donors (Lipinski definition) is 1. The van der Waals surface area contributed by atoms with E-state index in [0.717, 1.165) is 42.0 Å². The van der Waals surface area contributed by atoms with E-state index in [0.29, 0.717) is 11.4 Å². The highest BCUT2D eigenvalue weighted by Crippen LogP contribution is 2.41. The molecule has 0 saturated carbocycles. The molecule has 6 heteroatoms. The summed E-state index contributed by atoms with van der Waals surface area (Å²) in [5.41, 5.74) is 3.01. The summed E-state index contributed by atoms with van der Waals surface area (Å²) in [5, 5.41) is 2.92. The van der Waals surface area contributed by atoms with E-state index >= 15 is 0 Å². The highest BCUT2D eigenvalue weighted by molar-refractivity contribution is 8.04. The van der Waals surface area contributed by atoms with E-state index in [4.69, 9.17) is 4.74 Å². The fraction of sp³-hybridized carbons (Fsp3) is 0.333. The maximum Gasteiger partial charge on any atom is 0.265 e. The lowest BCUT2D eigenvalue weighted by atomic mass is 10.1. The number of para-hydroxylation sites is 1. The van der Waals surface area contributed by atoms with Crippen molar-refractivity contribution in [3.63, 3.8) is 0 Å². The minimum Gasteiger partial charge on any atom is -0.376 e. The topological polar surface area (TPSA) is 58.6 Å². The number of ether oxygens (including phenoxy) is 1. The molecule has 0 bridgehead atoms. The lowest BCUT2D eigenvalue weighted by Gasteiger charge is -2.30. The molecule has 5 nitrogen and oxygen atoms in total. The van der Waals surface area contributed by atoms with Gasteiger partial charge in [-0.1, -0.05) is 55.1 Å². The maximum atomic E-state index is 13.2. The smallest absolute Gasteiger partial charge is 0.265 e. The Morgan fingerprint density at radius 1 is 1.23 bits per heavy atom. The average Bonchev–Trinajstić information content (AvgIpc) is 3.29. The molecule has 1 N–H and O–H groups in total. The minimum atomic E-state index is -0.174. The van der Waals surface area contributed by atoms with Crippen molar-refractivity contribution in [2.75, 3.05) is 24.6 Å². The third-order valence-corrected chi connectivity index (χ3v) is 6.45. The van der Waals surface area contributed by atoms with Gasteiger partial charge >= 0.3 is 0 Å². The van der Waals surface area contributed by atoms with E-state index < -0.39 is 0 Å². The lowest BCUT2D eigenvalue weighted by Crippen LogP contribution is -2.44. The number of anilines is 1. The lowest BCUT2D eigenvalue weighted by molar-refractivity contribution is -0.122. The summed E-state index contributed by atoms with van der Waals surface area (Å²) in [6, 6.07) is 15.9. The van der Waals surface area contributed by atoms with E-state index in [1.165, 1.54) is 17.3 Å². The van der Waals surface area contributed by atoms with Gasteiger partial charge in [0.15, 0.2) is 0 Å². The van der Waals surface area contributed by atoms with Crippen molar-refractivity contribution in [2.45, 2.75) is 37.2 Å². The van der Waals surface area contributed by atoms with Crippen LogP contribution in [0, 0.1) is 0 Å². The van der Waals surface area contributed by atoms with E-state index in [2.05, 4.69) is 24.4 Å². The van der Waals surface area contributed by atoms with Gasteiger partial charge in [0.25, 0.3) is 5.91 Å². The number of rotatable bonds is 6. The highest BCUT2D eigenvalue weighted by atomic mass is 32.2. The second kappa shape index (κ2) is 9.49. The Kier molecular flexibility index (Phi) is 6.55. The quantitative estimate of drug-likeness (QED) is 0.715. The van der Waals surface area contributed by atoms with Crippen LogP contribution in [0.4, 0.5) is 5.69 Å². The van der Waals surface area contributed by atoms with Crippen LogP contribution in [0.25, 0.3) is 6.08 Å². The molecule has 1 atom stereocenters. The first-order chi connectivity index (χ1) is 14.6. The average molecular weight is 423 g/mol. The molecule has 2 heterocycles. The zero-order valence-electron chi connectivity index (χ0n) is 17.1. The zero-order chi connectivity index (χ0) is 20.9. The van der Waals surface area contributed by atoms with Gasteiger partial charge in [0.1, 0.15) is 6.54 Å². The predicted molar refractivity (Wildman–Crippen MR) is 120 cm³/mol. The summed E-state index contributed by atoms with van der Waals surface area (Å²) >= 11 is 1.45. The van der Waals surface area contributed by atoms with Crippen LogP contribution in [0.3, 0.4) is 0 Å². The Bertz CT molecular complexity index is 949. The fourth-order valence-corrected chi connectivity index (χ4v) is 4.71. The number of nitrogens with zero attached hydrogens (tertiary/aromatic N) is 1. The van der Waals surface area contributed by atoms with E-state index in [-0.39, 0.29) is 24.5 Å². The number of nitrogens with one attached hydrogen (secondary N) is 1. The summed E-state index contributed by atoms with van der Waals surface area (Å²) in [6.45, 7) is 3.36. The highest BCUT2D eigenvalue weighted by Gasteiger charge is 2.30. The van der Waals surface area contributed by atoms with E-state index in [1.54, 1.807) is 4.90 Å². The Hall–Kier alpha value is -2.57. The number of carbonyl (C=O) groups excluding carboxylic acids is 2. The molecule has 0 radical (unpaired) electrons. The van der Waals surface area contributed by atoms with Crippen LogP contribution in [0.2, 0.25) is 0 Å². The van der Waals surface area contributed by atoms with Gasteiger partial charge in [-0.05, 0) is 48.6 Å². The molecule has 0 spiro atoms. The Morgan fingerprint density at radius 2 is 2.03 bits per heavy atom. The van der Waals surface area contributed by atoms with Crippen molar-refractivity contribution in [3.8, 4) is 0 Å². The van der Waals surface area contributed by atoms with Gasteiger partial charge in [0, 0.05) is 18.0 Å². The number of amides is 2. The second-order valence-corrected chi connectivity index (χ2v) is 8.59. The Labute approximate surface area is 181 Å². The molecule has 30 heavy (non-hydrogen) atoms. The van der Waals surface area contributed by atoms with E-state index in [1.807, 2.05) is 42.5 Å². The molecule has 156 valence electrons. The maximum absolute atomic E-state index is 13.2. The normalized spacial score (nSPS) is 19.8. The van der Waals surface area contributed by atoms with Gasteiger partial charge in [-0.25, -0.2) is 0 Å². The van der Waals surface area contributed by atoms with Crippen molar-refractivity contribution in [1.29, 1.82) is 0 Å². The van der Waals surface area contributed by atoms with Crippen LogP contribution in [-0.4, -0.2) is 37.6 Å². The number of hydrogen-bond acceptors (Lipinski definition) is 4. The molecule has 2 aromatic rings. The summed E-state index contributed by atoms with van der Waals surface area (Å²) < 4.78 is 5.56. The first-order valence-electron chi connectivity index (χ1n) is 10.4. The summed E-state index contributed by atoms with van der Waals surface area (Å²) in [6.07, 6.45) is 4.96. The number of thioether (sulfide) groups is 1. The molecule has 2 aliphatic heterocycles. The standard InChI is InChI=1S/C24H26N2O3S/c1-2-17-9-11-18(12-10-17)14-22-24(28)26(20-7-3-4-8-21(20)30-22)16-23(27)25-15-19-6-5-13-29-19/h3-4,7-12,14,19H,2,5-6,13,15-16H2,1H3,(H,25,27)/b22-14+/t19-/m0/s1. The summed E-state index contributed by atoms with van der Waals surface area (Å²) in [7, 11) is 0. The van der Waals surface area contributed by atoms with Gasteiger partial charge in [-0.2, -0.15) is 0 Å². The molecular weight excluding hydrogens is 396 g/mol. The van der Waals surface area contributed by atoms with Crippen molar-refractivity contribution < 1.29 is 14.3 Å². The molecule has 1 saturated heterocycles. The minimum absolute atomic E-state index is 0.00472. The largest absolute Gasteiger partial charge is 0.376 e. The molecule has 2 amide bonds. The summed E-state index contributed by atoms with van der Waals surface area (Å²) in [5.74, 6) is -0.322.